The van der Waals surface area contributed by atoms with E-state index in [1.807, 2.05) is 12.3 Å². The fourth-order valence-electron chi connectivity index (χ4n) is 0.970. The molecular weight excluding hydrogens is 282 g/mol. The Morgan fingerprint density at radius 1 is 1.43 bits per heavy atom. The number of thiazole rings is 1. The van der Waals surface area contributed by atoms with Gasteiger partial charge >= 0.3 is 0 Å². The molecule has 0 aromatic carbocycles. The van der Waals surface area contributed by atoms with Crippen LogP contribution in [0, 0.1) is 0 Å². The number of hydrogen-bond acceptors (Lipinski definition) is 5. The second-order valence-electron chi connectivity index (χ2n) is 2.40. The van der Waals surface area contributed by atoms with Crippen LogP contribution in [0.3, 0.4) is 0 Å². The quantitative estimate of drug-likeness (QED) is 0.629. The molecule has 0 atom stereocenters. The van der Waals surface area contributed by atoms with Crippen molar-refractivity contribution in [3.8, 4) is 11.4 Å². The van der Waals surface area contributed by atoms with Crippen LogP contribution >= 0.6 is 39.0 Å². The average Bonchev–Trinajstić information content (AvgIpc) is 2.65. The van der Waals surface area contributed by atoms with Gasteiger partial charge in [0.05, 0.1) is 15.0 Å². The number of rotatable bonds is 2. The summed E-state index contributed by atoms with van der Waals surface area (Å²) in [6, 6.07) is 1.86. The van der Waals surface area contributed by atoms with Crippen molar-refractivity contribution < 1.29 is 0 Å². The lowest BCUT2D eigenvalue weighted by Crippen LogP contribution is -1.89. The van der Waals surface area contributed by atoms with Crippen molar-refractivity contribution in [1.82, 2.24) is 15.0 Å². The molecule has 0 aliphatic rings. The van der Waals surface area contributed by atoms with E-state index in [0.717, 1.165) is 20.3 Å². The van der Waals surface area contributed by atoms with Gasteiger partial charge < -0.3 is 0 Å². The first-order valence-electron chi connectivity index (χ1n) is 3.77. The fraction of sp³-hybridized carbons (Fsp3) is 0.125. The van der Waals surface area contributed by atoms with E-state index >= 15 is 0 Å². The molecule has 0 amide bonds. The molecule has 0 saturated carbocycles. The minimum absolute atomic E-state index is 0.766. The van der Waals surface area contributed by atoms with Crippen molar-refractivity contribution in [3.63, 3.8) is 0 Å². The largest absolute Gasteiger partial charge is 0.242 e. The summed E-state index contributed by atoms with van der Waals surface area (Å²) in [5.74, 6) is 0. The molecule has 0 unspecified atom stereocenters. The number of hydrogen-bond donors (Lipinski definition) is 0. The molecule has 0 bridgehead atoms. The highest BCUT2D eigenvalue weighted by atomic mass is 79.9. The average molecular weight is 288 g/mol. The Bertz CT molecular complexity index is 444. The standard InChI is InChI=1S/C8H6BrN3S2/c1-13-8-10-3-2-5(12-8)6-7(9)14-4-11-6/h2-4H,1H3. The minimum Gasteiger partial charge on any atom is -0.242 e. The van der Waals surface area contributed by atoms with E-state index < -0.39 is 0 Å². The summed E-state index contributed by atoms with van der Waals surface area (Å²) in [4.78, 5) is 12.7. The van der Waals surface area contributed by atoms with Crippen LogP contribution in [0.1, 0.15) is 0 Å². The van der Waals surface area contributed by atoms with Crippen molar-refractivity contribution in [2.75, 3.05) is 6.26 Å². The number of halogens is 1. The molecule has 2 heterocycles. The molecule has 2 aromatic heterocycles. The summed E-state index contributed by atoms with van der Waals surface area (Å²) in [5.41, 5.74) is 3.53. The van der Waals surface area contributed by atoms with Crippen LogP contribution in [0.25, 0.3) is 11.4 Å². The number of aromatic nitrogens is 3. The van der Waals surface area contributed by atoms with Crippen LogP contribution in [-0.2, 0) is 0 Å². The van der Waals surface area contributed by atoms with Crippen LogP contribution in [0.15, 0.2) is 26.7 Å². The maximum absolute atomic E-state index is 4.36. The lowest BCUT2D eigenvalue weighted by atomic mass is 10.3. The second kappa shape index (κ2) is 4.37. The SMILES string of the molecule is CSc1nccc(-c2ncsc2Br)n1. The highest BCUT2D eigenvalue weighted by Gasteiger charge is 2.08. The molecule has 3 nitrogen and oxygen atoms in total. The first kappa shape index (κ1) is 10.1. The molecule has 0 spiro atoms. The molecular formula is C8H6BrN3S2. The van der Waals surface area contributed by atoms with Crippen LogP contribution in [0.2, 0.25) is 0 Å². The molecule has 0 N–H and O–H groups in total. The van der Waals surface area contributed by atoms with E-state index in [-0.39, 0.29) is 0 Å². The van der Waals surface area contributed by atoms with E-state index in [1.54, 1.807) is 23.0 Å². The topological polar surface area (TPSA) is 38.7 Å². The zero-order valence-corrected chi connectivity index (χ0v) is 10.5. The van der Waals surface area contributed by atoms with Crippen LogP contribution in [0.5, 0.6) is 0 Å². The molecule has 14 heavy (non-hydrogen) atoms. The molecule has 2 rings (SSSR count). The van der Waals surface area contributed by atoms with E-state index in [4.69, 9.17) is 0 Å². The number of nitrogens with zero attached hydrogens (tertiary/aromatic N) is 3. The highest BCUT2D eigenvalue weighted by molar-refractivity contribution is 9.11. The third-order valence-corrected chi connectivity index (χ3v) is 3.69. The van der Waals surface area contributed by atoms with Gasteiger partial charge in [-0.1, -0.05) is 11.8 Å². The zero-order valence-electron chi connectivity index (χ0n) is 7.27. The first-order chi connectivity index (χ1) is 6.81. The molecule has 72 valence electrons. The Labute approximate surface area is 98.1 Å². The Kier molecular flexibility index (Phi) is 3.15. The highest BCUT2D eigenvalue weighted by Crippen LogP contribution is 2.29. The van der Waals surface area contributed by atoms with Gasteiger partial charge in [0, 0.05) is 6.20 Å². The van der Waals surface area contributed by atoms with Crippen LogP contribution in [-0.4, -0.2) is 21.2 Å². The smallest absolute Gasteiger partial charge is 0.187 e. The van der Waals surface area contributed by atoms with Gasteiger partial charge in [-0.3, -0.25) is 0 Å². The molecule has 6 heteroatoms. The molecule has 0 saturated heterocycles. The summed E-state index contributed by atoms with van der Waals surface area (Å²) in [7, 11) is 0. The Morgan fingerprint density at radius 2 is 2.29 bits per heavy atom. The molecule has 2 aromatic rings. The third kappa shape index (κ3) is 1.97. The lowest BCUT2D eigenvalue weighted by Gasteiger charge is -1.98. The summed E-state index contributed by atoms with van der Waals surface area (Å²) >= 11 is 6.51. The van der Waals surface area contributed by atoms with Crippen molar-refractivity contribution in [1.29, 1.82) is 0 Å². The van der Waals surface area contributed by atoms with E-state index in [0.29, 0.717) is 0 Å². The van der Waals surface area contributed by atoms with Gasteiger partial charge in [-0.05, 0) is 28.3 Å². The predicted molar refractivity (Wildman–Crippen MR) is 62.6 cm³/mol. The summed E-state index contributed by atoms with van der Waals surface area (Å²) < 4.78 is 1.00. The molecule has 0 aliphatic heterocycles. The van der Waals surface area contributed by atoms with Gasteiger partial charge in [-0.15, -0.1) is 11.3 Å². The Balaban J connectivity index is 2.47. The van der Waals surface area contributed by atoms with Gasteiger partial charge in [-0.25, -0.2) is 15.0 Å². The van der Waals surface area contributed by atoms with Crippen LogP contribution in [0.4, 0.5) is 0 Å². The van der Waals surface area contributed by atoms with Gasteiger partial charge in [-0.2, -0.15) is 0 Å². The van der Waals surface area contributed by atoms with Gasteiger partial charge in [0.2, 0.25) is 0 Å². The van der Waals surface area contributed by atoms with E-state index in [1.165, 1.54) is 11.8 Å². The normalized spacial score (nSPS) is 10.4. The Hall–Kier alpha value is -0.460. The second-order valence-corrected chi connectivity index (χ2v) is 5.35. The monoisotopic (exact) mass is 287 g/mol. The summed E-state index contributed by atoms with van der Waals surface area (Å²) in [6.07, 6.45) is 3.70. The van der Waals surface area contributed by atoms with Gasteiger partial charge in [0.25, 0.3) is 0 Å². The molecule has 0 radical (unpaired) electrons. The maximum Gasteiger partial charge on any atom is 0.187 e. The van der Waals surface area contributed by atoms with Crippen molar-refractivity contribution in [2.24, 2.45) is 0 Å². The summed E-state index contributed by atoms with van der Waals surface area (Å²) in [5, 5.41) is 0.766. The molecule has 0 aliphatic carbocycles. The molecule has 0 fully saturated rings. The predicted octanol–water partition coefficient (Wildman–Crippen LogP) is 3.08. The van der Waals surface area contributed by atoms with E-state index in [2.05, 4.69) is 30.9 Å². The van der Waals surface area contributed by atoms with Crippen LogP contribution < -0.4 is 0 Å². The third-order valence-electron chi connectivity index (χ3n) is 1.58. The summed E-state index contributed by atoms with van der Waals surface area (Å²) in [6.45, 7) is 0. The van der Waals surface area contributed by atoms with Crippen molar-refractivity contribution in [2.45, 2.75) is 5.16 Å². The minimum atomic E-state index is 0.766. The van der Waals surface area contributed by atoms with Crippen molar-refractivity contribution in [3.05, 3.63) is 21.6 Å². The first-order valence-corrected chi connectivity index (χ1v) is 6.67. The number of thioether (sulfide) groups is 1. The van der Waals surface area contributed by atoms with Gasteiger partial charge in [0.15, 0.2) is 5.16 Å². The van der Waals surface area contributed by atoms with Gasteiger partial charge in [0.1, 0.15) is 5.69 Å². The van der Waals surface area contributed by atoms with Crippen molar-refractivity contribution >= 4 is 39.0 Å². The lowest BCUT2D eigenvalue weighted by molar-refractivity contribution is 0.972. The van der Waals surface area contributed by atoms with E-state index in [9.17, 15) is 0 Å². The zero-order chi connectivity index (χ0) is 9.97. The fourth-order valence-corrected chi connectivity index (χ4v) is 2.40. The maximum atomic E-state index is 4.36. The Morgan fingerprint density at radius 3 is 2.93 bits per heavy atom.